The molecule has 2 heterocycles. The fraction of sp³-hybridized carbons (Fsp3) is 0.333. The summed E-state index contributed by atoms with van der Waals surface area (Å²) in [6, 6.07) is 13.3. The third-order valence-corrected chi connectivity index (χ3v) is 5.01. The standard InChI is InChI=1S/C21H24N4O3/c1-27-17-6-7-19-18(14-17)20(24-23-19)15-2-4-16(5-3-15)21(26)22-8-9-25-10-12-28-13-11-25/h2-7,14H,8-13H2,1H3,(H,22,26)(H,23,24). The maximum Gasteiger partial charge on any atom is 0.251 e. The van der Waals surface area contributed by atoms with Crippen molar-refractivity contribution in [2.24, 2.45) is 0 Å². The number of carbonyl (C=O) groups excluding carboxylic acids is 1. The maximum absolute atomic E-state index is 12.4. The minimum atomic E-state index is -0.0617. The molecule has 7 heteroatoms. The van der Waals surface area contributed by atoms with Gasteiger partial charge in [0.25, 0.3) is 5.91 Å². The number of H-pyrrole nitrogens is 1. The molecule has 2 N–H and O–H groups in total. The Kier molecular flexibility index (Phi) is 5.55. The number of fused-ring (bicyclic) bond motifs is 1. The number of methoxy groups -OCH3 is 1. The number of aromatic amines is 1. The third-order valence-electron chi connectivity index (χ3n) is 5.01. The molecule has 0 atom stereocenters. The van der Waals surface area contributed by atoms with Crippen LogP contribution in [0, 0.1) is 0 Å². The first kappa shape index (κ1) is 18.5. The number of hydrogen-bond donors (Lipinski definition) is 2. The largest absolute Gasteiger partial charge is 0.497 e. The molecule has 1 aliphatic heterocycles. The van der Waals surface area contributed by atoms with Crippen LogP contribution in [0.5, 0.6) is 5.75 Å². The summed E-state index contributed by atoms with van der Waals surface area (Å²) in [4.78, 5) is 14.7. The number of amides is 1. The van der Waals surface area contributed by atoms with Crippen LogP contribution in [0.4, 0.5) is 0 Å². The molecule has 1 aromatic heterocycles. The van der Waals surface area contributed by atoms with E-state index >= 15 is 0 Å². The van der Waals surface area contributed by atoms with Gasteiger partial charge < -0.3 is 14.8 Å². The fourth-order valence-corrected chi connectivity index (χ4v) is 3.37. The average Bonchev–Trinajstić information content (AvgIpc) is 3.17. The number of nitrogens with zero attached hydrogens (tertiary/aromatic N) is 2. The molecule has 146 valence electrons. The van der Waals surface area contributed by atoms with Crippen molar-refractivity contribution < 1.29 is 14.3 Å². The Labute approximate surface area is 163 Å². The van der Waals surface area contributed by atoms with Crippen molar-refractivity contribution >= 4 is 16.8 Å². The number of nitrogens with one attached hydrogen (secondary N) is 2. The molecule has 28 heavy (non-hydrogen) atoms. The Balaban J connectivity index is 1.41. The van der Waals surface area contributed by atoms with Gasteiger partial charge in [-0.25, -0.2) is 0 Å². The van der Waals surface area contributed by atoms with E-state index in [0.29, 0.717) is 12.1 Å². The van der Waals surface area contributed by atoms with E-state index in [1.807, 2.05) is 42.5 Å². The van der Waals surface area contributed by atoms with Crippen LogP contribution in [-0.2, 0) is 4.74 Å². The van der Waals surface area contributed by atoms with Gasteiger partial charge in [-0.1, -0.05) is 12.1 Å². The number of aromatic nitrogens is 2. The number of ether oxygens (including phenoxy) is 2. The van der Waals surface area contributed by atoms with Crippen LogP contribution in [-0.4, -0.2) is 67.5 Å². The summed E-state index contributed by atoms with van der Waals surface area (Å²) in [6.45, 7) is 4.85. The zero-order valence-electron chi connectivity index (χ0n) is 15.9. The molecule has 0 bridgehead atoms. The maximum atomic E-state index is 12.4. The summed E-state index contributed by atoms with van der Waals surface area (Å²) >= 11 is 0. The predicted octanol–water partition coefficient (Wildman–Crippen LogP) is 2.30. The molecule has 0 saturated carbocycles. The molecule has 1 amide bonds. The van der Waals surface area contributed by atoms with Gasteiger partial charge in [0.05, 0.1) is 25.8 Å². The first-order valence-electron chi connectivity index (χ1n) is 9.45. The smallest absolute Gasteiger partial charge is 0.251 e. The van der Waals surface area contributed by atoms with E-state index < -0.39 is 0 Å². The average molecular weight is 380 g/mol. The van der Waals surface area contributed by atoms with E-state index in [1.54, 1.807) is 7.11 Å². The molecule has 1 aliphatic rings. The van der Waals surface area contributed by atoms with Gasteiger partial charge in [-0.05, 0) is 30.3 Å². The molecule has 0 aliphatic carbocycles. The Bertz CT molecular complexity index is 946. The highest BCUT2D eigenvalue weighted by molar-refractivity contribution is 5.96. The topological polar surface area (TPSA) is 79.5 Å². The summed E-state index contributed by atoms with van der Waals surface area (Å²) in [5, 5.41) is 11.4. The van der Waals surface area contributed by atoms with E-state index in [2.05, 4.69) is 20.4 Å². The molecule has 4 rings (SSSR count). The second kappa shape index (κ2) is 8.41. The molecule has 1 saturated heterocycles. The molecule has 2 aromatic carbocycles. The van der Waals surface area contributed by atoms with Gasteiger partial charge in [-0.3, -0.25) is 14.8 Å². The van der Waals surface area contributed by atoms with Crippen molar-refractivity contribution in [3.05, 3.63) is 48.0 Å². The lowest BCUT2D eigenvalue weighted by molar-refractivity contribution is 0.0383. The Morgan fingerprint density at radius 3 is 2.75 bits per heavy atom. The molecule has 0 radical (unpaired) electrons. The van der Waals surface area contributed by atoms with Gasteiger partial charge in [-0.15, -0.1) is 0 Å². The minimum absolute atomic E-state index is 0.0617. The summed E-state index contributed by atoms with van der Waals surface area (Å²) in [5.41, 5.74) is 3.38. The van der Waals surface area contributed by atoms with Gasteiger partial charge in [0, 0.05) is 42.7 Å². The second-order valence-electron chi connectivity index (χ2n) is 6.77. The number of carbonyl (C=O) groups is 1. The highest BCUT2D eigenvalue weighted by Gasteiger charge is 2.12. The lowest BCUT2D eigenvalue weighted by atomic mass is 10.1. The molecule has 0 unspecified atom stereocenters. The van der Waals surface area contributed by atoms with Gasteiger partial charge in [-0.2, -0.15) is 5.10 Å². The van der Waals surface area contributed by atoms with Crippen molar-refractivity contribution in [2.45, 2.75) is 0 Å². The zero-order chi connectivity index (χ0) is 19.3. The molecule has 3 aromatic rings. The van der Waals surface area contributed by atoms with Crippen LogP contribution in [0.15, 0.2) is 42.5 Å². The van der Waals surface area contributed by atoms with Crippen LogP contribution in [0.2, 0.25) is 0 Å². The Morgan fingerprint density at radius 2 is 2.00 bits per heavy atom. The molecule has 7 nitrogen and oxygen atoms in total. The van der Waals surface area contributed by atoms with E-state index in [0.717, 1.165) is 60.8 Å². The highest BCUT2D eigenvalue weighted by Crippen LogP contribution is 2.29. The van der Waals surface area contributed by atoms with Crippen LogP contribution < -0.4 is 10.1 Å². The lowest BCUT2D eigenvalue weighted by Crippen LogP contribution is -2.41. The van der Waals surface area contributed by atoms with E-state index in [-0.39, 0.29) is 5.91 Å². The van der Waals surface area contributed by atoms with Gasteiger partial charge in [0.2, 0.25) is 0 Å². The molecule has 0 spiro atoms. The zero-order valence-corrected chi connectivity index (χ0v) is 15.9. The van der Waals surface area contributed by atoms with Gasteiger partial charge in [0.15, 0.2) is 0 Å². The van der Waals surface area contributed by atoms with Crippen molar-refractivity contribution in [2.75, 3.05) is 46.5 Å². The molecular formula is C21H24N4O3. The Morgan fingerprint density at radius 1 is 1.21 bits per heavy atom. The van der Waals surface area contributed by atoms with Crippen molar-refractivity contribution in [1.82, 2.24) is 20.4 Å². The fourth-order valence-electron chi connectivity index (χ4n) is 3.37. The third kappa shape index (κ3) is 4.00. The number of morpholine rings is 1. The second-order valence-corrected chi connectivity index (χ2v) is 6.77. The first-order chi connectivity index (χ1) is 13.7. The van der Waals surface area contributed by atoms with Gasteiger partial charge in [0.1, 0.15) is 11.4 Å². The summed E-state index contributed by atoms with van der Waals surface area (Å²) in [7, 11) is 1.65. The minimum Gasteiger partial charge on any atom is -0.497 e. The number of hydrogen-bond acceptors (Lipinski definition) is 5. The van der Waals surface area contributed by atoms with Crippen molar-refractivity contribution in [1.29, 1.82) is 0 Å². The van der Waals surface area contributed by atoms with E-state index in [4.69, 9.17) is 9.47 Å². The summed E-state index contributed by atoms with van der Waals surface area (Å²) in [6.07, 6.45) is 0. The SMILES string of the molecule is COc1ccc2[nH]nc(-c3ccc(C(=O)NCCN4CCOCC4)cc3)c2c1. The van der Waals surface area contributed by atoms with Gasteiger partial charge >= 0.3 is 0 Å². The van der Waals surface area contributed by atoms with Crippen molar-refractivity contribution in [3.63, 3.8) is 0 Å². The number of benzene rings is 2. The summed E-state index contributed by atoms with van der Waals surface area (Å²) < 4.78 is 10.6. The van der Waals surface area contributed by atoms with E-state index in [1.165, 1.54) is 0 Å². The lowest BCUT2D eigenvalue weighted by Gasteiger charge is -2.26. The van der Waals surface area contributed by atoms with E-state index in [9.17, 15) is 4.79 Å². The number of rotatable bonds is 6. The van der Waals surface area contributed by atoms with Crippen LogP contribution in [0.1, 0.15) is 10.4 Å². The van der Waals surface area contributed by atoms with Crippen LogP contribution in [0.3, 0.4) is 0 Å². The van der Waals surface area contributed by atoms with Crippen LogP contribution in [0.25, 0.3) is 22.2 Å². The highest BCUT2D eigenvalue weighted by atomic mass is 16.5. The normalized spacial score (nSPS) is 14.9. The first-order valence-corrected chi connectivity index (χ1v) is 9.45. The summed E-state index contributed by atoms with van der Waals surface area (Å²) in [5.74, 6) is 0.722. The van der Waals surface area contributed by atoms with Crippen LogP contribution >= 0.6 is 0 Å². The Hall–Kier alpha value is -2.90. The quantitative estimate of drug-likeness (QED) is 0.686. The predicted molar refractivity (Wildman–Crippen MR) is 108 cm³/mol. The molecular weight excluding hydrogens is 356 g/mol. The van der Waals surface area contributed by atoms with Crippen molar-refractivity contribution in [3.8, 4) is 17.0 Å². The monoisotopic (exact) mass is 380 g/mol. The molecule has 1 fully saturated rings.